The van der Waals surface area contributed by atoms with Gasteiger partial charge in [0.1, 0.15) is 0 Å². The van der Waals surface area contributed by atoms with Gasteiger partial charge in [-0.2, -0.15) is 13.2 Å². The molecule has 2 aromatic rings. The van der Waals surface area contributed by atoms with E-state index in [2.05, 4.69) is 4.98 Å². The summed E-state index contributed by atoms with van der Waals surface area (Å²) in [5.41, 5.74) is 0.751. The van der Waals surface area contributed by atoms with Gasteiger partial charge >= 0.3 is 6.18 Å². The summed E-state index contributed by atoms with van der Waals surface area (Å²) in [5.74, 6) is 0. The average Bonchev–Trinajstić information content (AvgIpc) is 2.38. The number of pyridine rings is 1. The average molecular weight is 288 g/mol. The van der Waals surface area contributed by atoms with Crippen LogP contribution in [-0.4, -0.2) is 10.1 Å². The number of rotatable bonds is 2. The van der Waals surface area contributed by atoms with Crippen molar-refractivity contribution in [3.05, 3.63) is 52.7 Å². The van der Waals surface area contributed by atoms with Crippen molar-refractivity contribution in [2.24, 2.45) is 0 Å². The third-order valence-corrected chi connectivity index (χ3v) is 2.95. The molecule has 2 rings (SSSR count). The molecule has 1 aromatic carbocycles. The molecular formula is C13H9ClF3NO. The van der Waals surface area contributed by atoms with E-state index >= 15 is 0 Å². The lowest BCUT2D eigenvalue weighted by Crippen LogP contribution is -2.04. The molecule has 2 nitrogen and oxygen atoms in total. The lowest BCUT2D eigenvalue weighted by molar-refractivity contribution is -0.137. The second kappa shape index (κ2) is 5.19. The Morgan fingerprint density at radius 3 is 2.32 bits per heavy atom. The van der Waals surface area contributed by atoms with Crippen LogP contribution >= 0.6 is 11.6 Å². The topological polar surface area (TPSA) is 33.1 Å². The molecule has 100 valence electrons. The predicted octanol–water partition coefficient (Wildman–Crippen LogP) is 3.91. The molecule has 1 heterocycles. The molecule has 0 aliphatic heterocycles. The number of aromatic nitrogens is 1. The fraction of sp³-hybridized carbons (Fsp3) is 0.154. The monoisotopic (exact) mass is 287 g/mol. The number of alkyl halides is 3. The van der Waals surface area contributed by atoms with Crippen LogP contribution in [0.5, 0.6) is 0 Å². The van der Waals surface area contributed by atoms with Crippen LogP contribution in [0.25, 0.3) is 11.3 Å². The number of hydrogen-bond acceptors (Lipinski definition) is 2. The Morgan fingerprint density at radius 1 is 1.16 bits per heavy atom. The van der Waals surface area contributed by atoms with Crippen molar-refractivity contribution >= 4 is 11.6 Å². The summed E-state index contributed by atoms with van der Waals surface area (Å²) in [6.07, 6.45) is -3.00. The van der Waals surface area contributed by atoms with Gasteiger partial charge in [-0.15, -0.1) is 0 Å². The van der Waals surface area contributed by atoms with Crippen molar-refractivity contribution in [3.8, 4) is 11.3 Å². The van der Waals surface area contributed by atoms with Gasteiger partial charge in [-0.1, -0.05) is 23.7 Å². The molecule has 0 bridgehead atoms. The molecule has 0 amide bonds. The number of aliphatic hydroxyl groups is 1. The summed E-state index contributed by atoms with van der Waals surface area (Å²) in [6.45, 7) is -0.255. The van der Waals surface area contributed by atoms with Crippen molar-refractivity contribution in [2.75, 3.05) is 0 Å². The normalized spacial score (nSPS) is 11.6. The first-order valence-corrected chi connectivity index (χ1v) is 5.72. The lowest BCUT2D eigenvalue weighted by atomic mass is 10.1. The molecule has 0 aliphatic carbocycles. The van der Waals surface area contributed by atoms with Gasteiger partial charge in [0.2, 0.25) is 0 Å². The smallest absolute Gasteiger partial charge is 0.392 e. The molecule has 0 saturated carbocycles. The van der Waals surface area contributed by atoms with Crippen LogP contribution in [0.15, 0.2) is 36.5 Å². The first kappa shape index (κ1) is 13.8. The Morgan fingerprint density at radius 2 is 1.79 bits per heavy atom. The van der Waals surface area contributed by atoms with Gasteiger partial charge in [0, 0.05) is 11.8 Å². The molecule has 0 fully saturated rings. The summed E-state index contributed by atoms with van der Waals surface area (Å²) < 4.78 is 37.3. The van der Waals surface area contributed by atoms with Crippen molar-refractivity contribution in [3.63, 3.8) is 0 Å². The molecule has 0 saturated heterocycles. The largest absolute Gasteiger partial charge is 0.416 e. The van der Waals surface area contributed by atoms with Crippen LogP contribution in [0.1, 0.15) is 11.1 Å². The second-order valence-corrected chi connectivity index (χ2v) is 4.30. The minimum absolute atomic E-state index is 0.255. The summed E-state index contributed by atoms with van der Waals surface area (Å²) in [6, 6.07) is 6.19. The van der Waals surface area contributed by atoms with Crippen molar-refractivity contribution < 1.29 is 18.3 Å². The third kappa shape index (κ3) is 3.05. The van der Waals surface area contributed by atoms with Crippen LogP contribution in [0.3, 0.4) is 0 Å². The zero-order valence-corrected chi connectivity index (χ0v) is 10.3. The first-order chi connectivity index (χ1) is 8.91. The molecular weight excluding hydrogens is 279 g/mol. The van der Waals surface area contributed by atoms with Crippen LogP contribution in [0, 0.1) is 0 Å². The minimum Gasteiger partial charge on any atom is -0.392 e. The van der Waals surface area contributed by atoms with E-state index in [0.29, 0.717) is 21.8 Å². The zero-order chi connectivity index (χ0) is 14.0. The molecule has 6 heteroatoms. The van der Waals surface area contributed by atoms with Gasteiger partial charge in [0.25, 0.3) is 0 Å². The molecule has 0 atom stereocenters. The summed E-state index contributed by atoms with van der Waals surface area (Å²) in [5, 5.41) is 9.40. The minimum atomic E-state index is -4.36. The summed E-state index contributed by atoms with van der Waals surface area (Å²) in [7, 11) is 0. The maximum atomic E-state index is 12.4. The molecule has 1 aromatic heterocycles. The molecule has 19 heavy (non-hydrogen) atoms. The van der Waals surface area contributed by atoms with E-state index < -0.39 is 11.7 Å². The van der Waals surface area contributed by atoms with Crippen molar-refractivity contribution in [1.29, 1.82) is 0 Å². The highest BCUT2D eigenvalue weighted by molar-refractivity contribution is 6.31. The zero-order valence-electron chi connectivity index (χ0n) is 9.58. The second-order valence-electron chi connectivity index (χ2n) is 3.89. The Balaban J connectivity index is 2.37. The van der Waals surface area contributed by atoms with Crippen LogP contribution in [0.2, 0.25) is 5.02 Å². The van der Waals surface area contributed by atoms with E-state index in [9.17, 15) is 13.2 Å². The fourth-order valence-electron chi connectivity index (χ4n) is 1.59. The molecule has 0 radical (unpaired) electrons. The SMILES string of the molecule is OCc1cc(-c2ccc(C(F)(F)F)cc2)ncc1Cl. The summed E-state index contributed by atoms with van der Waals surface area (Å²) >= 11 is 5.80. The third-order valence-electron chi connectivity index (χ3n) is 2.61. The van der Waals surface area contributed by atoms with Crippen LogP contribution in [-0.2, 0) is 12.8 Å². The van der Waals surface area contributed by atoms with Crippen LogP contribution < -0.4 is 0 Å². The number of nitrogens with zero attached hydrogens (tertiary/aromatic N) is 1. The Labute approximate surface area is 112 Å². The van der Waals surface area contributed by atoms with Gasteiger partial charge in [-0.05, 0) is 23.8 Å². The standard InChI is InChI=1S/C13H9ClF3NO/c14-11-6-18-12(5-9(11)7-19)8-1-3-10(4-2-8)13(15,16)17/h1-6,19H,7H2. The van der Waals surface area contributed by atoms with Gasteiger partial charge in [0.05, 0.1) is 22.9 Å². The maximum Gasteiger partial charge on any atom is 0.416 e. The maximum absolute atomic E-state index is 12.4. The lowest BCUT2D eigenvalue weighted by Gasteiger charge is -2.08. The van der Waals surface area contributed by atoms with Crippen molar-refractivity contribution in [1.82, 2.24) is 4.98 Å². The highest BCUT2D eigenvalue weighted by atomic mass is 35.5. The van der Waals surface area contributed by atoms with E-state index in [0.717, 1.165) is 12.1 Å². The highest BCUT2D eigenvalue weighted by Gasteiger charge is 2.29. The van der Waals surface area contributed by atoms with E-state index in [1.54, 1.807) is 6.07 Å². The highest BCUT2D eigenvalue weighted by Crippen LogP contribution is 2.31. The number of aliphatic hydroxyl groups excluding tert-OH is 1. The van der Waals surface area contributed by atoms with Gasteiger partial charge in [-0.3, -0.25) is 4.98 Å². The van der Waals surface area contributed by atoms with E-state index in [4.69, 9.17) is 16.7 Å². The first-order valence-electron chi connectivity index (χ1n) is 5.34. The van der Waals surface area contributed by atoms with Crippen molar-refractivity contribution in [2.45, 2.75) is 12.8 Å². The number of hydrogen-bond donors (Lipinski definition) is 1. The Bertz CT molecular complexity index is 581. The van der Waals surface area contributed by atoms with E-state index in [1.165, 1.54) is 18.3 Å². The molecule has 1 N–H and O–H groups in total. The fourth-order valence-corrected chi connectivity index (χ4v) is 1.75. The van der Waals surface area contributed by atoms with E-state index in [-0.39, 0.29) is 6.61 Å². The number of halogens is 4. The van der Waals surface area contributed by atoms with Gasteiger partial charge < -0.3 is 5.11 Å². The molecule has 0 aliphatic rings. The Kier molecular flexibility index (Phi) is 3.78. The number of benzene rings is 1. The quantitative estimate of drug-likeness (QED) is 0.908. The molecule has 0 unspecified atom stereocenters. The predicted molar refractivity (Wildman–Crippen MR) is 65.6 cm³/mol. The van der Waals surface area contributed by atoms with Gasteiger partial charge in [-0.25, -0.2) is 0 Å². The Hall–Kier alpha value is -1.59. The molecule has 0 spiro atoms. The van der Waals surface area contributed by atoms with Crippen LogP contribution in [0.4, 0.5) is 13.2 Å². The van der Waals surface area contributed by atoms with E-state index in [1.807, 2.05) is 0 Å². The summed E-state index contributed by atoms with van der Waals surface area (Å²) in [4.78, 5) is 4.02. The van der Waals surface area contributed by atoms with Gasteiger partial charge in [0.15, 0.2) is 0 Å².